The fourth-order valence-corrected chi connectivity index (χ4v) is 1.02. The Hall–Kier alpha value is -0.420. The number of benzene rings is 1. The topological polar surface area (TPSA) is 66.8 Å². The second kappa shape index (κ2) is 6.10. The molecule has 0 amide bonds. The van der Waals surface area contributed by atoms with Gasteiger partial charge in [-0.2, -0.15) is 0 Å². The van der Waals surface area contributed by atoms with Crippen molar-refractivity contribution in [1.29, 1.82) is 0 Å². The molecule has 1 aromatic rings. The molecule has 0 saturated carbocycles. The molecule has 0 aliphatic rings. The highest BCUT2D eigenvalue weighted by molar-refractivity contribution is 8.93. The average molecular weight is 275 g/mol. The number of phosphoric acid groups is 1. The van der Waals surface area contributed by atoms with E-state index in [-0.39, 0.29) is 27.4 Å². The first-order valence-electron chi connectivity index (χ1n) is 2.88. The van der Waals surface area contributed by atoms with E-state index in [1.54, 1.807) is 18.2 Å². The van der Waals surface area contributed by atoms with Gasteiger partial charge in [0.25, 0.3) is 0 Å². The molecule has 0 heterocycles. The van der Waals surface area contributed by atoms with Gasteiger partial charge in [0.15, 0.2) is 0 Å². The molecule has 1 aromatic carbocycles. The standard InChI is InChI=1S/C6H7O4P.BrH.FH/c7-11(8,9)10-6-4-2-1-3-5-6;;/h1-5H,(H2,7,8,9);2*1H. The van der Waals surface area contributed by atoms with E-state index in [4.69, 9.17) is 9.79 Å². The summed E-state index contributed by atoms with van der Waals surface area (Å²) < 4.78 is 14.5. The van der Waals surface area contributed by atoms with E-state index in [0.29, 0.717) is 0 Å². The van der Waals surface area contributed by atoms with Gasteiger partial charge < -0.3 is 4.52 Å². The van der Waals surface area contributed by atoms with E-state index in [1.165, 1.54) is 12.1 Å². The van der Waals surface area contributed by atoms with E-state index in [1.807, 2.05) is 0 Å². The third-order valence-corrected chi connectivity index (χ3v) is 1.42. The molecule has 0 fully saturated rings. The first kappa shape index (κ1) is 15.1. The van der Waals surface area contributed by atoms with Crippen LogP contribution in [0.4, 0.5) is 4.70 Å². The first-order valence-corrected chi connectivity index (χ1v) is 4.41. The summed E-state index contributed by atoms with van der Waals surface area (Å²) in [6.45, 7) is 0. The summed E-state index contributed by atoms with van der Waals surface area (Å²) in [6.07, 6.45) is 0. The van der Waals surface area contributed by atoms with Crippen LogP contribution in [0.5, 0.6) is 5.75 Å². The van der Waals surface area contributed by atoms with Crippen molar-refractivity contribution in [3.05, 3.63) is 30.3 Å². The summed E-state index contributed by atoms with van der Waals surface area (Å²) in [7, 11) is -4.39. The lowest BCUT2D eigenvalue weighted by atomic mass is 10.3. The molecule has 4 nitrogen and oxygen atoms in total. The monoisotopic (exact) mass is 274 g/mol. The summed E-state index contributed by atoms with van der Waals surface area (Å²) in [5.41, 5.74) is 0. The van der Waals surface area contributed by atoms with Crippen LogP contribution in [0.2, 0.25) is 0 Å². The molecule has 0 unspecified atom stereocenters. The van der Waals surface area contributed by atoms with Crippen LogP contribution in [0.1, 0.15) is 0 Å². The minimum absolute atomic E-state index is 0. The van der Waals surface area contributed by atoms with Gasteiger partial charge in [0.1, 0.15) is 5.75 Å². The molecule has 0 aromatic heterocycles. The maximum Gasteiger partial charge on any atom is 0.524 e. The normalized spacial score (nSPS) is 9.38. The molecule has 76 valence electrons. The van der Waals surface area contributed by atoms with Crippen LogP contribution in [-0.4, -0.2) is 9.79 Å². The summed E-state index contributed by atoms with van der Waals surface area (Å²) in [6, 6.07) is 7.93. The fourth-order valence-electron chi connectivity index (χ4n) is 0.619. The molecule has 1 rings (SSSR count). The molecular weight excluding hydrogens is 266 g/mol. The quantitative estimate of drug-likeness (QED) is 0.809. The lowest BCUT2D eigenvalue weighted by Crippen LogP contribution is -1.88. The van der Waals surface area contributed by atoms with E-state index >= 15 is 0 Å². The molecular formula is C6H9BrFO4P. The third kappa shape index (κ3) is 6.72. The largest absolute Gasteiger partial charge is 0.524 e. The molecule has 7 heteroatoms. The maximum atomic E-state index is 10.3. The Morgan fingerprint density at radius 3 is 2.00 bits per heavy atom. The van der Waals surface area contributed by atoms with E-state index in [2.05, 4.69) is 4.52 Å². The minimum atomic E-state index is -4.39. The smallest absolute Gasteiger partial charge is 0.404 e. The third-order valence-electron chi connectivity index (χ3n) is 0.968. The van der Waals surface area contributed by atoms with Crippen molar-refractivity contribution in [3.63, 3.8) is 0 Å². The van der Waals surface area contributed by atoms with Crippen molar-refractivity contribution >= 4 is 24.8 Å². The second-order valence-corrected chi connectivity index (χ2v) is 3.06. The molecule has 2 N–H and O–H groups in total. The van der Waals surface area contributed by atoms with Gasteiger partial charge in [0.05, 0.1) is 0 Å². The maximum absolute atomic E-state index is 10.3. The van der Waals surface area contributed by atoms with Crippen molar-refractivity contribution < 1.29 is 23.6 Å². The van der Waals surface area contributed by atoms with Crippen LogP contribution in [0.3, 0.4) is 0 Å². The van der Waals surface area contributed by atoms with Crippen LogP contribution in [0.15, 0.2) is 30.3 Å². The Bertz CT molecular complexity index is 275. The highest BCUT2D eigenvalue weighted by Crippen LogP contribution is 2.36. The van der Waals surface area contributed by atoms with Crippen molar-refractivity contribution in [2.45, 2.75) is 0 Å². The molecule has 0 atom stereocenters. The number of para-hydroxylation sites is 1. The molecule has 0 saturated heterocycles. The van der Waals surface area contributed by atoms with Crippen molar-refractivity contribution in [2.24, 2.45) is 0 Å². The lowest BCUT2D eigenvalue weighted by molar-refractivity contribution is 0.283. The Balaban J connectivity index is 0. The highest BCUT2D eigenvalue weighted by Gasteiger charge is 2.14. The van der Waals surface area contributed by atoms with Crippen LogP contribution in [0.25, 0.3) is 0 Å². The molecule has 0 aliphatic heterocycles. The minimum Gasteiger partial charge on any atom is -0.404 e. The fraction of sp³-hybridized carbons (Fsp3) is 0. The summed E-state index contributed by atoms with van der Waals surface area (Å²) in [4.78, 5) is 16.7. The molecule has 0 aliphatic carbocycles. The van der Waals surface area contributed by atoms with Gasteiger partial charge >= 0.3 is 7.82 Å². The zero-order valence-electron chi connectivity index (χ0n) is 6.36. The van der Waals surface area contributed by atoms with Crippen LogP contribution in [0, 0.1) is 0 Å². The summed E-state index contributed by atoms with van der Waals surface area (Å²) in [5.74, 6) is 0.167. The van der Waals surface area contributed by atoms with E-state index in [9.17, 15) is 4.57 Å². The lowest BCUT2D eigenvalue weighted by Gasteiger charge is -2.04. The molecule has 0 spiro atoms. The van der Waals surface area contributed by atoms with Gasteiger partial charge in [0.2, 0.25) is 0 Å². The van der Waals surface area contributed by atoms with Gasteiger partial charge in [-0.15, -0.1) is 17.0 Å². The van der Waals surface area contributed by atoms with E-state index in [0.717, 1.165) is 0 Å². The predicted molar refractivity (Wildman–Crippen MR) is 51.9 cm³/mol. The van der Waals surface area contributed by atoms with Crippen LogP contribution < -0.4 is 4.52 Å². The Kier molecular flexibility index (Phi) is 7.07. The zero-order chi connectivity index (χ0) is 8.32. The summed E-state index contributed by atoms with van der Waals surface area (Å²) >= 11 is 0. The first-order chi connectivity index (χ1) is 5.08. The van der Waals surface area contributed by atoms with Gasteiger partial charge in [-0.25, -0.2) is 4.57 Å². The van der Waals surface area contributed by atoms with Crippen LogP contribution in [-0.2, 0) is 4.57 Å². The van der Waals surface area contributed by atoms with Gasteiger partial charge in [-0.3, -0.25) is 14.5 Å². The molecule has 0 radical (unpaired) electrons. The Morgan fingerprint density at radius 2 is 1.62 bits per heavy atom. The summed E-state index contributed by atoms with van der Waals surface area (Å²) in [5, 5.41) is 0. The second-order valence-electron chi connectivity index (χ2n) is 1.89. The number of hydrogen-bond donors (Lipinski definition) is 2. The highest BCUT2D eigenvalue weighted by atomic mass is 79.9. The average Bonchev–Trinajstić information content (AvgIpc) is 1.85. The van der Waals surface area contributed by atoms with Gasteiger partial charge in [-0.1, -0.05) is 18.2 Å². The Morgan fingerprint density at radius 1 is 1.15 bits per heavy atom. The van der Waals surface area contributed by atoms with Crippen LogP contribution >= 0.6 is 24.8 Å². The van der Waals surface area contributed by atoms with Crippen molar-refractivity contribution in [1.82, 2.24) is 0 Å². The van der Waals surface area contributed by atoms with Crippen molar-refractivity contribution in [2.75, 3.05) is 0 Å². The molecule has 0 bridgehead atoms. The molecule has 13 heavy (non-hydrogen) atoms. The number of phosphoric ester groups is 1. The van der Waals surface area contributed by atoms with Gasteiger partial charge in [0, 0.05) is 0 Å². The number of halogens is 2. The predicted octanol–water partition coefficient (Wildman–Crippen LogP) is 1.89. The number of rotatable bonds is 2. The van der Waals surface area contributed by atoms with E-state index < -0.39 is 7.82 Å². The Labute approximate surface area is 84.9 Å². The SMILES string of the molecule is Br.F.O=P(O)(O)Oc1ccccc1. The van der Waals surface area contributed by atoms with Gasteiger partial charge in [-0.05, 0) is 12.1 Å². The number of hydrogen-bond acceptors (Lipinski definition) is 2. The van der Waals surface area contributed by atoms with Crippen molar-refractivity contribution in [3.8, 4) is 5.75 Å². The zero-order valence-corrected chi connectivity index (χ0v) is 8.97.